The van der Waals surface area contributed by atoms with E-state index in [9.17, 15) is 4.79 Å². The number of hydrogen-bond donors (Lipinski definition) is 1. The average Bonchev–Trinajstić information content (AvgIpc) is 3.47. The standard InChI is InChI=1S/C21H25N3O/c1-16-6-5-9-18(14-16)22-21(25)24-13-12-23(19-10-11-19)15-20(24)17-7-3-2-4-8-17/h2-9,14,19-20H,10-13,15H2,1H3,(H,22,25). The summed E-state index contributed by atoms with van der Waals surface area (Å²) < 4.78 is 0. The predicted octanol–water partition coefficient (Wildman–Crippen LogP) is 4.05. The van der Waals surface area contributed by atoms with Crippen molar-refractivity contribution < 1.29 is 4.79 Å². The second-order valence-corrected chi connectivity index (χ2v) is 7.15. The van der Waals surface area contributed by atoms with Crippen LogP contribution in [0.5, 0.6) is 0 Å². The molecule has 0 bridgehead atoms. The van der Waals surface area contributed by atoms with E-state index in [4.69, 9.17) is 0 Å². The number of piperazine rings is 1. The van der Waals surface area contributed by atoms with Crippen molar-refractivity contribution in [2.45, 2.75) is 31.8 Å². The highest BCUT2D eigenvalue weighted by Gasteiger charge is 2.37. The zero-order chi connectivity index (χ0) is 17.2. The molecule has 1 N–H and O–H groups in total. The van der Waals surface area contributed by atoms with Crippen LogP contribution >= 0.6 is 0 Å². The van der Waals surface area contributed by atoms with Gasteiger partial charge in [-0.3, -0.25) is 4.90 Å². The lowest BCUT2D eigenvalue weighted by molar-refractivity contribution is 0.0954. The fourth-order valence-corrected chi connectivity index (χ4v) is 3.70. The molecule has 25 heavy (non-hydrogen) atoms. The molecule has 4 rings (SSSR count). The Labute approximate surface area is 149 Å². The normalized spacial score (nSPS) is 21.2. The van der Waals surface area contributed by atoms with Gasteiger partial charge in [0.15, 0.2) is 0 Å². The number of benzene rings is 2. The van der Waals surface area contributed by atoms with Gasteiger partial charge < -0.3 is 10.2 Å². The van der Waals surface area contributed by atoms with E-state index < -0.39 is 0 Å². The van der Waals surface area contributed by atoms with Crippen molar-refractivity contribution in [2.24, 2.45) is 0 Å². The first kappa shape index (κ1) is 16.2. The van der Waals surface area contributed by atoms with Crippen LogP contribution in [0.25, 0.3) is 0 Å². The zero-order valence-corrected chi connectivity index (χ0v) is 14.7. The molecule has 1 unspecified atom stereocenters. The number of nitrogens with one attached hydrogen (secondary N) is 1. The van der Waals surface area contributed by atoms with Gasteiger partial charge in [0.25, 0.3) is 0 Å². The summed E-state index contributed by atoms with van der Waals surface area (Å²) in [6, 6.07) is 19.2. The van der Waals surface area contributed by atoms with Gasteiger partial charge in [-0.2, -0.15) is 0 Å². The first-order valence-electron chi connectivity index (χ1n) is 9.14. The Morgan fingerprint density at radius 2 is 1.84 bits per heavy atom. The minimum Gasteiger partial charge on any atom is -0.315 e. The van der Waals surface area contributed by atoms with Crippen molar-refractivity contribution in [3.63, 3.8) is 0 Å². The Morgan fingerprint density at radius 3 is 2.56 bits per heavy atom. The van der Waals surface area contributed by atoms with Crippen LogP contribution in [0.4, 0.5) is 10.5 Å². The van der Waals surface area contributed by atoms with E-state index in [0.717, 1.165) is 36.9 Å². The van der Waals surface area contributed by atoms with Gasteiger partial charge in [-0.1, -0.05) is 42.5 Å². The van der Waals surface area contributed by atoms with Gasteiger partial charge >= 0.3 is 6.03 Å². The molecular weight excluding hydrogens is 310 g/mol. The van der Waals surface area contributed by atoms with E-state index in [0.29, 0.717) is 0 Å². The summed E-state index contributed by atoms with van der Waals surface area (Å²) in [5.74, 6) is 0. The van der Waals surface area contributed by atoms with Gasteiger partial charge in [-0.05, 0) is 43.0 Å². The van der Waals surface area contributed by atoms with E-state index in [1.807, 2.05) is 42.2 Å². The highest BCUT2D eigenvalue weighted by Crippen LogP contribution is 2.33. The number of aryl methyl sites for hydroxylation is 1. The smallest absolute Gasteiger partial charge is 0.315 e. The molecule has 1 saturated heterocycles. The molecule has 130 valence electrons. The van der Waals surface area contributed by atoms with Crippen LogP contribution in [0, 0.1) is 6.92 Å². The molecular formula is C21H25N3O. The number of nitrogens with zero attached hydrogens (tertiary/aromatic N) is 2. The lowest BCUT2D eigenvalue weighted by Crippen LogP contribution is -2.52. The predicted molar refractivity (Wildman–Crippen MR) is 101 cm³/mol. The van der Waals surface area contributed by atoms with Crippen LogP contribution in [-0.2, 0) is 0 Å². The van der Waals surface area contributed by atoms with Crippen LogP contribution in [0.2, 0.25) is 0 Å². The van der Waals surface area contributed by atoms with Gasteiger partial charge in [-0.25, -0.2) is 4.79 Å². The fraction of sp³-hybridized carbons (Fsp3) is 0.381. The summed E-state index contributed by atoms with van der Waals surface area (Å²) in [5, 5.41) is 3.08. The van der Waals surface area contributed by atoms with Gasteiger partial charge in [0, 0.05) is 31.4 Å². The number of rotatable bonds is 3. The van der Waals surface area contributed by atoms with E-state index in [1.165, 1.54) is 18.4 Å². The summed E-state index contributed by atoms with van der Waals surface area (Å²) in [6.45, 7) is 4.70. The Kier molecular flexibility index (Phi) is 4.45. The molecule has 1 heterocycles. The SMILES string of the molecule is Cc1cccc(NC(=O)N2CCN(C3CC3)CC2c2ccccc2)c1. The molecule has 4 heteroatoms. The lowest BCUT2D eigenvalue weighted by Gasteiger charge is -2.41. The van der Waals surface area contributed by atoms with Crippen molar-refractivity contribution in [1.82, 2.24) is 9.80 Å². The summed E-state index contributed by atoms with van der Waals surface area (Å²) in [4.78, 5) is 17.5. The Hall–Kier alpha value is -2.33. The lowest BCUT2D eigenvalue weighted by atomic mass is 10.0. The molecule has 2 aromatic carbocycles. The maximum atomic E-state index is 13.0. The molecule has 2 aromatic rings. The topological polar surface area (TPSA) is 35.6 Å². The second-order valence-electron chi connectivity index (χ2n) is 7.15. The van der Waals surface area contributed by atoms with E-state index in [-0.39, 0.29) is 12.1 Å². The fourth-order valence-electron chi connectivity index (χ4n) is 3.70. The Balaban J connectivity index is 1.54. The van der Waals surface area contributed by atoms with Gasteiger partial charge in [-0.15, -0.1) is 0 Å². The molecule has 1 aliphatic heterocycles. The Bertz CT molecular complexity index is 742. The summed E-state index contributed by atoms with van der Waals surface area (Å²) >= 11 is 0. The van der Waals surface area contributed by atoms with Gasteiger partial charge in [0.05, 0.1) is 6.04 Å². The second kappa shape index (κ2) is 6.89. The molecule has 1 atom stereocenters. The largest absolute Gasteiger partial charge is 0.322 e. The highest BCUT2D eigenvalue weighted by atomic mass is 16.2. The van der Waals surface area contributed by atoms with Gasteiger partial charge in [0.2, 0.25) is 0 Å². The van der Waals surface area contributed by atoms with Crippen molar-refractivity contribution in [3.05, 3.63) is 65.7 Å². The van der Waals surface area contributed by atoms with E-state index >= 15 is 0 Å². The third-order valence-corrected chi connectivity index (χ3v) is 5.19. The van der Waals surface area contributed by atoms with Crippen molar-refractivity contribution >= 4 is 11.7 Å². The molecule has 4 nitrogen and oxygen atoms in total. The number of carbonyl (C=O) groups excluding carboxylic acids is 1. The molecule has 2 fully saturated rings. The van der Waals surface area contributed by atoms with Crippen LogP contribution < -0.4 is 5.32 Å². The zero-order valence-electron chi connectivity index (χ0n) is 14.7. The Morgan fingerprint density at radius 1 is 1.04 bits per heavy atom. The van der Waals surface area contributed by atoms with Crippen molar-refractivity contribution in [3.8, 4) is 0 Å². The number of carbonyl (C=O) groups is 1. The third kappa shape index (κ3) is 3.69. The number of urea groups is 1. The first-order chi connectivity index (χ1) is 12.2. The minimum absolute atomic E-state index is 0.00472. The molecule has 0 spiro atoms. The first-order valence-corrected chi connectivity index (χ1v) is 9.14. The summed E-state index contributed by atoms with van der Waals surface area (Å²) in [5.41, 5.74) is 3.23. The van der Waals surface area contributed by atoms with Crippen molar-refractivity contribution in [1.29, 1.82) is 0 Å². The van der Waals surface area contributed by atoms with Gasteiger partial charge in [0.1, 0.15) is 0 Å². The molecule has 2 aliphatic rings. The molecule has 0 aromatic heterocycles. The quantitative estimate of drug-likeness (QED) is 0.918. The highest BCUT2D eigenvalue weighted by molar-refractivity contribution is 5.89. The number of anilines is 1. The molecule has 0 radical (unpaired) electrons. The van der Waals surface area contributed by atoms with E-state index in [2.05, 4.69) is 34.5 Å². The minimum atomic E-state index is -0.00472. The van der Waals surface area contributed by atoms with Crippen LogP contribution in [0.15, 0.2) is 54.6 Å². The molecule has 1 aliphatic carbocycles. The molecule has 1 saturated carbocycles. The van der Waals surface area contributed by atoms with Crippen molar-refractivity contribution in [2.75, 3.05) is 25.0 Å². The maximum absolute atomic E-state index is 13.0. The summed E-state index contributed by atoms with van der Waals surface area (Å²) in [7, 11) is 0. The van der Waals surface area contributed by atoms with Crippen LogP contribution in [0.3, 0.4) is 0 Å². The molecule has 2 amide bonds. The number of hydrogen-bond acceptors (Lipinski definition) is 2. The number of amides is 2. The third-order valence-electron chi connectivity index (χ3n) is 5.19. The van der Waals surface area contributed by atoms with E-state index in [1.54, 1.807) is 0 Å². The average molecular weight is 335 g/mol. The van der Waals surface area contributed by atoms with Crippen LogP contribution in [0.1, 0.15) is 30.0 Å². The monoisotopic (exact) mass is 335 g/mol. The van der Waals surface area contributed by atoms with Crippen LogP contribution in [-0.4, -0.2) is 41.5 Å². The summed E-state index contributed by atoms with van der Waals surface area (Å²) in [6.07, 6.45) is 2.61. The maximum Gasteiger partial charge on any atom is 0.322 e.